The van der Waals surface area contributed by atoms with E-state index >= 15 is 0 Å². The highest BCUT2D eigenvalue weighted by molar-refractivity contribution is 5.99. The Morgan fingerprint density at radius 1 is 1.08 bits per heavy atom. The van der Waals surface area contributed by atoms with Gasteiger partial charge in [0.1, 0.15) is 5.69 Å². The summed E-state index contributed by atoms with van der Waals surface area (Å²) < 4.78 is 2.18. The Morgan fingerprint density at radius 3 is 2.54 bits per heavy atom. The van der Waals surface area contributed by atoms with Crippen LogP contribution < -0.4 is 4.57 Å². The number of nitrogens with zero attached hydrogens (tertiary/aromatic N) is 2. The average Bonchev–Trinajstić information content (AvgIpc) is 2.53. The minimum absolute atomic E-state index is 0.0203. The number of aryl methyl sites for hydroxylation is 2. The number of aromatic nitrogens is 2. The van der Waals surface area contributed by atoms with E-state index in [0.29, 0.717) is 5.92 Å². The molecule has 1 heterocycles. The van der Waals surface area contributed by atoms with Gasteiger partial charge in [-0.05, 0) is 46.1 Å². The minimum atomic E-state index is -0.0203. The van der Waals surface area contributed by atoms with E-state index in [-0.39, 0.29) is 5.41 Å². The quantitative estimate of drug-likeness (QED) is 0.589. The molecule has 0 amide bonds. The largest absolute Gasteiger partial charge is 0.287 e. The first-order valence-corrected chi connectivity index (χ1v) is 8.75. The van der Waals surface area contributed by atoms with Gasteiger partial charge >= 0.3 is 0 Å². The van der Waals surface area contributed by atoms with Crippen LogP contribution in [-0.2, 0) is 12.5 Å². The first-order chi connectivity index (χ1) is 11.3. The van der Waals surface area contributed by atoms with Gasteiger partial charge in [0.15, 0.2) is 5.52 Å². The van der Waals surface area contributed by atoms with Crippen LogP contribution in [0.25, 0.3) is 22.2 Å². The van der Waals surface area contributed by atoms with Crippen LogP contribution in [0.15, 0.2) is 36.7 Å². The topological polar surface area (TPSA) is 16.8 Å². The van der Waals surface area contributed by atoms with Crippen molar-refractivity contribution in [1.29, 1.82) is 0 Å². The van der Waals surface area contributed by atoms with E-state index in [4.69, 9.17) is 4.98 Å². The molecule has 0 atom stereocenters. The summed E-state index contributed by atoms with van der Waals surface area (Å²) in [6.07, 6.45) is 1.96. The van der Waals surface area contributed by atoms with E-state index in [1.54, 1.807) is 0 Å². The van der Waals surface area contributed by atoms with Crippen molar-refractivity contribution in [3.05, 3.63) is 58.9 Å². The van der Waals surface area contributed by atoms with Crippen molar-refractivity contribution in [3.63, 3.8) is 0 Å². The van der Waals surface area contributed by atoms with Gasteiger partial charge in [0.2, 0.25) is 0 Å². The van der Waals surface area contributed by atoms with Crippen molar-refractivity contribution in [2.75, 3.05) is 0 Å². The zero-order chi connectivity index (χ0) is 17.2. The molecule has 24 heavy (non-hydrogen) atoms. The Hall–Kier alpha value is -2.22. The predicted molar refractivity (Wildman–Crippen MR) is 99.3 cm³/mol. The van der Waals surface area contributed by atoms with E-state index in [1.807, 2.05) is 6.33 Å². The lowest BCUT2D eigenvalue weighted by Crippen LogP contribution is -2.36. The van der Waals surface area contributed by atoms with Crippen molar-refractivity contribution in [3.8, 4) is 11.3 Å². The molecule has 0 spiro atoms. The smallest absolute Gasteiger partial charge is 0.232 e. The van der Waals surface area contributed by atoms with Gasteiger partial charge in [-0.3, -0.25) is 0 Å². The van der Waals surface area contributed by atoms with Crippen LogP contribution >= 0.6 is 0 Å². The molecule has 3 aromatic rings. The van der Waals surface area contributed by atoms with Gasteiger partial charge in [-0.1, -0.05) is 52.0 Å². The highest BCUT2D eigenvalue weighted by atomic mass is 15.0. The van der Waals surface area contributed by atoms with Crippen molar-refractivity contribution in [2.45, 2.75) is 46.0 Å². The summed E-state index contributed by atoms with van der Waals surface area (Å²) in [7, 11) is 2.11. The summed E-state index contributed by atoms with van der Waals surface area (Å²) in [5, 5.41) is 1.32. The zero-order valence-corrected chi connectivity index (χ0v) is 15.4. The van der Waals surface area contributed by atoms with Crippen molar-refractivity contribution < 1.29 is 4.57 Å². The van der Waals surface area contributed by atoms with Gasteiger partial charge in [-0.25, -0.2) is 4.57 Å². The molecular weight excluding hydrogens is 292 g/mol. The van der Waals surface area contributed by atoms with Gasteiger partial charge in [0, 0.05) is 11.0 Å². The molecule has 0 radical (unpaired) electrons. The molecular formula is C22H25N2+. The Bertz CT molecular complexity index is 981. The fourth-order valence-corrected chi connectivity index (χ4v) is 4.16. The Morgan fingerprint density at radius 2 is 1.83 bits per heavy atom. The molecule has 4 rings (SSSR count). The van der Waals surface area contributed by atoms with Gasteiger partial charge < -0.3 is 0 Å². The van der Waals surface area contributed by atoms with Crippen LogP contribution in [-0.4, -0.2) is 4.98 Å². The van der Waals surface area contributed by atoms with E-state index in [1.165, 1.54) is 38.9 Å². The summed E-state index contributed by atoms with van der Waals surface area (Å²) in [5.41, 5.74) is 9.30. The number of hydrogen-bond donors (Lipinski definition) is 0. The van der Waals surface area contributed by atoms with E-state index in [0.717, 1.165) is 5.52 Å². The lowest BCUT2D eigenvalue weighted by Gasteiger charge is -2.35. The third-order valence-electron chi connectivity index (χ3n) is 5.62. The Kier molecular flexibility index (Phi) is 3.12. The maximum atomic E-state index is 4.76. The lowest BCUT2D eigenvalue weighted by atomic mass is 9.68. The molecule has 2 heteroatoms. The first kappa shape index (κ1) is 15.3. The molecule has 0 bridgehead atoms. The molecule has 0 fully saturated rings. The summed E-state index contributed by atoms with van der Waals surface area (Å²) >= 11 is 0. The van der Waals surface area contributed by atoms with Crippen LogP contribution in [0.3, 0.4) is 0 Å². The molecule has 0 aliphatic heterocycles. The molecule has 0 saturated carbocycles. The highest BCUT2D eigenvalue weighted by Gasteiger charge is 2.38. The SMILES string of the molecule is Cc1cccc2c1-c1c3c(cc(C(C)C)cc3nc[n+]1C)C2(C)C. The normalized spacial score (nSPS) is 15.0. The Labute approximate surface area is 144 Å². The fourth-order valence-electron chi connectivity index (χ4n) is 4.16. The third kappa shape index (κ3) is 1.89. The first-order valence-electron chi connectivity index (χ1n) is 8.75. The second kappa shape index (κ2) is 4.89. The maximum Gasteiger partial charge on any atom is 0.287 e. The summed E-state index contributed by atoms with van der Waals surface area (Å²) in [4.78, 5) is 4.76. The van der Waals surface area contributed by atoms with Crippen LogP contribution in [0.5, 0.6) is 0 Å². The Balaban J connectivity index is 2.26. The van der Waals surface area contributed by atoms with Gasteiger partial charge in [0.25, 0.3) is 6.33 Å². The van der Waals surface area contributed by atoms with Crippen molar-refractivity contribution in [2.24, 2.45) is 7.05 Å². The minimum Gasteiger partial charge on any atom is -0.232 e. The van der Waals surface area contributed by atoms with E-state index < -0.39 is 0 Å². The number of benzene rings is 2. The third-order valence-corrected chi connectivity index (χ3v) is 5.62. The van der Waals surface area contributed by atoms with Gasteiger partial charge in [-0.2, -0.15) is 0 Å². The predicted octanol–water partition coefficient (Wildman–Crippen LogP) is 4.80. The second-order valence-corrected chi connectivity index (χ2v) is 7.94. The van der Waals surface area contributed by atoms with Crippen molar-refractivity contribution >= 4 is 10.9 Å². The van der Waals surface area contributed by atoms with Crippen molar-refractivity contribution in [1.82, 2.24) is 4.98 Å². The highest BCUT2D eigenvalue weighted by Crippen LogP contribution is 2.48. The molecule has 1 aromatic heterocycles. The fraction of sp³-hybridized carbons (Fsp3) is 0.364. The number of rotatable bonds is 1. The summed E-state index contributed by atoms with van der Waals surface area (Å²) in [6.45, 7) is 11.4. The second-order valence-electron chi connectivity index (χ2n) is 7.94. The maximum absolute atomic E-state index is 4.76. The van der Waals surface area contributed by atoms with E-state index in [9.17, 15) is 0 Å². The molecule has 0 unspecified atom stereocenters. The number of hydrogen-bond acceptors (Lipinski definition) is 1. The molecule has 1 aliphatic carbocycles. The molecule has 0 N–H and O–H groups in total. The molecule has 0 saturated heterocycles. The molecule has 2 aromatic carbocycles. The summed E-state index contributed by atoms with van der Waals surface area (Å²) in [5.74, 6) is 0.500. The standard InChI is InChI=1S/C22H25N2/c1-13(2)15-10-17-20-18(11-15)23-12-24(6)21(20)19-14(3)8-7-9-16(19)22(17,4)5/h7-13H,1-6H3/q+1. The zero-order valence-electron chi connectivity index (χ0n) is 15.4. The van der Waals surface area contributed by atoms with E-state index in [2.05, 4.69) is 76.6 Å². The molecule has 2 nitrogen and oxygen atoms in total. The molecule has 122 valence electrons. The lowest BCUT2D eigenvalue weighted by molar-refractivity contribution is -0.662. The van der Waals surface area contributed by atoms with Gasteiger partial charge in [0.05, 0.1) is 12.4 Å². The van der Waals surface area contributed by atoms with Gasteiger partial charge in [-0.15, -0.1) is 0 Å². The van der Waals surface area contributed by atoms with Crippen LogP contribution in [0.1, 0.15) is 55.9 Å². The summed E-state index contributed by atoms with van der Waals surface area (Å²) in [6, 6.07) is 11.4. The number of fused-ring (bicyclic) bond motifs is 2. The monoisotopic (exact) mass is 317 g/mol. The molecule has 1 aliphatic rings. The van der Waals surface area contributed by atoms with Crippen LogP contribution in [0.2, 0.25) is 0 Å². The average molecular weight is 317 g/mol. The van der Waals surface area contributed by atoms with Crippen LogP contribution in [0.4, 0.5) is 0 Å². The van der Waals surface area contributed by atoms with Crippen LogP contribution in [0, 0.1) is 6.92 Å².